The lowest BCUT2D eigenvalue weighted by molar-refractivity contribution is 0.290. The van der Waals surface area contributed by atoms with E-state index in [0.717, 1.165) is 5.75 Å². The Bertz CT molecular complexity index is 528. The third-order valence-electron chi connectivity index (χ3n) is 2.77. The minimum absolute atomic E-state index is 0.287. The van der Waals surface area contributed by atoms with Crippen LogP contribution in [0.1, 0.15) is 11.6 Å². The molecule has 19 heavy (non-hydrogen) atoms. The SMILES string of the molecule is COc1ccc(OCC(N)c2cccc(F)c2)cc1. The van der Waals surface area contributed by atoms with Gasteiger partial charge in [-0.1, -0.05) is 12.1 Å². The van der Waals surface area contributed by atoms with E-state index in [0.29, 0.717) is 11.3 Å². The van der Waals surface area contributed by atoms with Crippen LogP contribution in [-0.4, -0.2) is 13.7 Å². The van der Waals surface area contributed by atoms with Gasteiger partial charge in [-0.2, -0.15) is 0 Å². The summed E-state index contributed by atoms with van der Waals surface area (Å²) in [6, 6.07) is 13.1. The first kappa shape index (κ1) is 13.4. The van der Waals surface area contributed by atoms with E-state index in [4.69, 9.17) is 15.2 Å². The number of hydrogen-bond donors (Lipinski definition) is 1. The second-order valence-electron chi connectivity index (χ2n) is 4.15. The molecule has 0 bridgehead atoms. The molecule has 2 aromatic rings. The molecule has 0 fully saturated rings. The molecule has 1 unspecified atom stereocenters. The van der Waals surface area contributed by atoms with Gasteiger partial charge < -0.3 is 15.2 Å². The van der Waals surface area contributed by atoms with Gasteiger partial charge in [0, 0.05) is 0 Å². The van der Waals surface area contributed by atoms with Crippen molar-refractivity contribution in [2.75, 3.05) is 13.7 Å². The molecule has 4 heteroatoms. The van der Waals surface area contributed by atoms with E-state index in [-0.39, 0.29) is 18.5 Å². The van der Waals surface area contributed by atoms with E-state index in [1.54, 1.807) is 31.4 Å². The lowest BCUT2D eigenvalue weighted by Crippen LogP contribution is -2.19. The van der Waals surface area contributed by atoms with Gasteiger partial charge >= 0.3 is 0 Å². The Labute approximate surface area is 111 Å². The number of hydrogen-bond acceptors (Lipinski definition) is 3. The van der Waals surface area contributed by atoms with Crippen molar-refractivity contribution in [2.24, 2.45) is 5.73 Å². The summed E-state index contributed by atoms with van der Waals surface area (Å²) < 4.78 is 23.7. The maximum Gasteiger partial charge on any atom is 0.123 e. The summed E-state index contributed by atoms with van der Waals surface area (Å²) in [5.41, 5.74) is 6.67. The van der Waals surface area contributed by atoms with Crippen LogP contribution >= 0.6 is 0 Å². The number of halogens is 1. The third-order valence-corrected chi connectivity index (χ3v) is 2.77. The van der Waals surface area contributed by atoms with Gasteiger partial charge in [0.2, 0.25) is 0 Å². The Balaban J connectivity index is 1.94. The van der Waals surface area contributed by atoms with E-state index in [2.05, 4.69) is 0 Å². The van der Waals surface area contributed by atoms with E-state index >= 15 is 0 Å². The highest BCUT2D eigenvalue weighted by Crippen LogP contribution is 2.19. The average molecular weight is 261 g/mol. The first-order valence-electron chi connectivity index (χ1n) is 5.97. The quantitative estimate of drug-likeness (QED) is 0.900. The number of methoxy groups -OCH3 is 1. The summed E-state index contributed by atoms with van der Waals surface area (Å²) in [6.45, 7) is 0.287. The molecule has 0 aliphatic rings. The van der Waals surface area contributed by atoms with Gasteiger partial charge in [-0.05, 0) is 42.0 Å². The van der Waals surface area contributed by atoms with E-state index in [9.17, 15) is 4.39 Å². The van der Waals surface area contributed by atoms with E-state index in [1.807, 2.05) is 12.1 Å². The van der Waals surface area contributed by atoms with Crippen LogP contribution in [0.2, 0.25) is 0 Å². The van der Waals surface area contributed by atoms with Crippen molar-refractivity contribution in [2.45, 2.75) is 6.04 Å². The van der Waals surface area contributed by atoms with Crippen molar-refractivity contribution < 1.29 is 13.9 Å². The Morgan fingerprint density at radius 1 is 1.11 bits per heavy atom. The molecular weight excluding hydrogens is 245 g/mol. The lowest BCUT2D eigenvalue weighted by atomic mass is 10.1. The number of ether oxygens (including phenoxy) is 2. The summed E-state index contributed by atoms with van der Waals surface area (Å²) >= 11 is 0. The van der Waals surface area contributed by atoms with Gasteiger partial charge in [0.25, 0.3) is 0 Å². The molecule has 0 aliphatic heterocycles. The smallest absolute Gasteiger partial charge is 0.123 e. The van der Waals surface area contributed by atoms with Gasteiger partial charge in [0.1, 0.15) is 23.9 Å². The number of nitrogens with two attached hydrogens (primary N) is 1. The molecule has 2 rings (SSSR count). The summed E-state index contributed by atoms with van der Waals surface area (Å²) in [5.74, 6) is 1.17. The van der Waals surface area contributed by atoms with Gasteiger partial charge in [-0.3, -0.25) is 0 Å². The average Bonchev–Trinajstić information content (AvgIpc) is 2.45. The van der Waals surface area contributed by atoms with Crippen LogP contribution < -0.4 is 15.2 Å². The summed E-state index contributed by atoms with van der Waals surface area (Å²) in [6.07, 6.45) is 0. The summed E-state index contributed by atoms with van der Waals surface area (Å²) in [5, 5.41) is 0. The largest absolute Gasteiger partial charge is 0.497 e. The Morgan fingerprint density at radius 2 is 1.79 bits per heavy atom. The predicted octanol–water partition coefficient (Wildman–Crippen LogP) is 2.91. The zero-order chi connectivity index (χ0) is 13.7. The van der Waals surface area contributed by atoms with Crippen molar-refractivity contribution in [3.05, 3.63) is 59.9 Å². The molecule has 1 atom stereocenters. The second kappa shape index (κ2) is 6.20. The van der Waals surface area contributed by atoms with E-state index in [1.165, 1.54) is 12.1 Å². The van der Waals surface area contributed by atoms with Gasteiger partial charge in [-0.25, -0.2) is 4.39 Å². The Morgan fingerprint density at radius 3 is 2.42 bits per heavy atom. The normalized spacial score (nSPS) is 11.9. The standard InChI is InChI=1S/C15H16FNO2/c1-18-13-5-7-14(8-6-13)19-10-15(17)11-3-2-4-12(16)9-11/h2-9,15H,10,17H2,1H3. The Hall–Kier alpha value is -2.07. The summed E-state index contributed by atoms with van der Waals surface area (Å²) in [4.78, 5) is 0. The number of benzene rings is 2. The highest BCUT2D eigenvalue weighted by Gasteiger charge is 2.07. The molecule has 0 amide bonds. The highest BCUT2D eigenvalue weighted by molar-refractivity contribution is 5.31. The molecule has 2 aromatic carbocycles. The van der Waals surface area contributed by atoms with Crippen LogP contribution in [0.4, 0.5) is 4.39 Å². The van der Waals surface area contributed by atoms with Crippen molar-refractivity contribution in [3.8, 4) is 11.5 Å². The second-order valence-corrected chi connectivity index (χ2v) is 4.15. The van der Waals surface area contributed by atoms with Crippen LogP contribution in [0.15, 0.2) is 48.5 Å². The fraction of sp³-hybridized carbons (Fsp3) is 0.200. The molecule has 0 saturated heterocycles. The maximum atomic E-state index is 13.1. The Kier molecular flexibility index (Phi) is 4.36. The molecule has 2 N–H and O–H groups in total. The van der Waals surface area contributed by atoms with Crippen LogP contribution in [-0.2, 0) is 0 Å². The van der Waals surface area contributed by atoms with Crippen molar-refractivity contribution in [1.29, 1.82) is 0 Å². The fourth-order valence-electron chi connectivity index (χ4n) is 1.69. The highest BCUT2D eigenvalue weighted by atomic mass is 19.1. The molecule has 0 aliphatic carbocycles. The number of rotatable bonds is 5. The minimum atomic E-state index is -0.363. The molecular formula is C15H16FNO2. The van der Waals surface area contributed by atoms with Crippen molar-refractivity contribution in [1.82, 2.24) is 0 Å². The van der Waals surface area contributed by atoms with Crippen molar-refractivity contribution >= 4 is 0 Å². The minimum Gasteiger partial charge on any atom is -0.497 e. The molecule has 0 aromatic heterocycles. The van der Waals surface area contributed by atoms with Gasteiger partial charge in [-0.15, -0.1) is 0 Å². The monoisotopic (exact) mass is 261 g/mol. The van der Waals surface area contributed by atoms with E-state index < -0.39 is 0 Å². The zero-order valence-corrected chi connectivity index (χ0v) is 10.7. The van der Waals surface area contributed by atoms with Gasteiger partial charge in [0.05, 0.1) is 13.2 Å². The topological polar surface area (TPSA) is 44.5 Å². The van der Waals surface area contributed by atoms with Crippen LogP contribution in [0.25, 0.3) is 0 Å². The fourth-order valence-corrected chi connectivity index (χ4v) is 1.69. The molecule has 0 heterocycles. The molecule has 0 saturated carbocycles. The molecule has 0 spiro atoms. The van der Waals surface area contributed by atoms with Crippen LogP contribution in [0.3, 0.4) is 0 Å². The lowest BCUT2D eigenvalue weighted by Gasteiger charge is -2.14. The summed E-state index contributed by atoms with van der Waals surface area (Å²) in [7, 11) is 1.61. The third kappa shape index (κ3) is 3.69. The molecule has 0 radical (unpaired) electrons. The van der Waals surface area contributed by atoms with Gasteiger partial charge in [0.15, 0.2) is 0 Å². The van der Waals surface area contributed by atoms with Crippen LogP contribution in [0, 0.1) is 5.82 Å². The maximum absolute atomic E-state index is 13.1. The van der Waals surface area contributed by atoms with Crippen LogP contribution in [0.5, 0.6) is 11.5 Å². The predicted molar refractivity (Wildman–Crippen MR) is 71.8 cm³/mol. The molecule has 100 valence electrons. The first-order chi connectivity index (χ1) is 9.19. The van der Waals surface area contributed by atoms with Crippen molar-refractivity contribution in [3.63, 3.8) is 0 Å². The molecule has 3 nitrogen and oxygen atoms in total. The zero-order valence-electron chi connectivity index (χ0n) is 10.7. The first-order valence-corrected chi connectivity index (χ1v) is 5.97.